The van der Waals surface area contributed by atoms with Crippen LogP contribution in [0.1, 0.15) is 36.0 Å². The lowest BCUT2D eigenvalue weighted by Crippen LogP contribution is -2.44. The molecular weight excluding hydrogens is 512 g/mol. The summed E-state index contributed by atoms with van der Waals surface area (Å²) in [6.45, 7) is 7.77. The predicted octanol–water partition coefficient (Wildman–Crippen LogP) is 4.99. The first-order valence-electron chi connectivity index (χ1n) is 12.2. The van der Waals surface area contributed by atoms with Crippen LogP contribution < -0.4 is 15.5 Å². The maximum atomic E-state index is 11.7. The number of hydrogen-bond acceptors (Lipinski definition) is 9. The fourth-order valence-electron chi connectivity index (χ4n) is 4.44. The zero-order chi connectivity index (χ0) is 26.4. The highest BCUT2D eigenvalue weighted by atomic mass is 32.3. The van der Waals surface area contributed by atoms with Crippen molar-refractivity contribution in [3.8, 4) is 11.4 Å². The van der Waals surface area contributed by atoms with E-state index in [-0.39, 0.29) is 12.1 Å². The topological polar surface area (TPSA) is 133 Å². The van der Waals surface area contributed by atoms with Gasteiger partial charge in [0.05, 0.1) is 30.6 Å². The SMILES string of the molecule is CNC(=O)Nc1ccc(-c2nc(N3CCOC[C@@H]3C)cc(C3(S(O)(O)c4nc(C)c(C)s4)CC3)n2)cc1. The van der Waals surface area contributed by atoms with Crippen molar-refractivity contribution in [1.82, 2.24) is 20.3 Å². The smallest absolute Gasteiger partial charge is 0.318 e. The quantitative estimate of drug-likeness (QED) is 0.341. The van der Waals surface area contributed by atoms with Crippen molar-refractivity contribution in [2.45, 2.75) is 48.7 Å². The second-order valence-electron chi connectivity index (χ2n) is 9.50. The summed E-state index contributed by atoms with van der Waals surface area (Å²) in [5, 5.41) is 5.28. The summed E-state index contributed by atoms with van der Waals surface area (Å²) in [6, 6.07) is 9.00. The molecule has 1 aliphatic carbocycles. The number of rotatable bonds is 6. The van der Waals surface area contributed by atoms with Gasteiger partial charge in [-0.15, -0.1) is 21.9 Å². The normalized spacial score (nSPS) is 19.4. The van der Waals surface area contributed by atoms with Crippen molar-refractivity contribution in [2.75, 3.05) is 37.0 Å². The molecule has 4 N–H and O–H groups in total. The minimum Gasteiger partial charge on any atom is -0.377 e. The van der Waals surface area contributed by atoms with Crippen molar-refractivity contribution >= 4 is 39.5 Å². The number of benzene rings is 1. The lowest BCUT2D eigenvalue weighted by molar-refractivity contribution is 0.0985. The third kappa shape index (κ3) is 4.79. The van der Waals surface area contributed by atoms with Crippen LogP contribution in [0.4, 0.5) is 16.3 Å². The fourth-order valence-corrected chi connectivity index (χ4v) is 8.06. The van der Waals surface area contributed by atoms with Crippen LogP contribution in [-0.2, 0) is 9.48 Å². The van der Waals surface area contributed by atoms with E-state index >= 15 is 0 Å². The largest absolute Gasteiger partial charge is 0.377 e. The molecular formula is C25H32N6O4S2. The number of amides is 2. The second-order valence-corrected chi connectivity index (χ2v) is 13.2. The van der Waals surface area contributed by atoms with Gasteiger partial charge in [0.25, 0.3) is 0 Å². The van der Waals surface area contributed by atoms with E-state index in [9.17, 15) is 13.9 Å². The molecule has 1 aromatic carbocycles. The average molecular weight is 545 g/mol. The molecule has 12 heteroatoms. The third-order valence-corrected chi connectivity index (χ3v) is 11.1. The molecule has 10 nitrogen and oxygen atoms in total. The molecule has 1 saturated carbocycles. The first-order valence-corrected chi connectivity index (χ1v) is 14.6. The van der Waals surface area contributed by atoms with Crippen LogP contribution in [0.3, 0.4) is 0 Å². The van der Waals surface area contributed by atoms with Gasteiger partial charge in [0.1, 0.15) is 10.6 Å². The maximum absolute atomic E-state index is 11.7. The second kappa shape index (κ2) is 9.84. The molecule has 2 aromatic heterocycles. The van der Waals surface area contributed by atoms with Gasteiger partial charge in [0.2, 0.25) is 4.34 Å². The number of hydrogen-bond donors (Lipinski definition) is 4. The van der Waals surface area contributed by atoms with E-state index < -0.39 is 15.3 Å². The molecule has 0 bridgehead atoms. The standard InChI is InChI=1S/C25H32N6O4S2/c1-15-14-35-12-11-31(15)21-13-20(25(9-10-25)37(33,34)24-27-16(2)17(3)36-24)29-22(30-21)18-5-7-19(8-6-18)28-23(32)26-4/h5-8,13,15,33-34H,9-12,14H2,1-4H3,(H2,26,28,32)/t15-/m0/s1. The number of thiazole rings is 1. The molecule has 1 atom stereocenters. The van der Waals surface area contributed by atoms with Crippen LogP contribution in [0.2, 0.25) is 0 Å². The van der Waals surface area contributed by atoms with Gasteiger partial charge >= 0.3 is 6.03 Å². The lowest BCUT2D eigenvalue weighted by Gasteiger charge is -2.39. The number of carbonyl (C=O) groups excluding carboxylic acids is 1. The van der Waals surface area contributed by atoms with Gasteiger partial charge in [-0.3, -0.25) is 9.11 Å². The zero-order valence-corrected chi connectivity index (χ0v) is 22.9. The Balaban J connectivity index is 1.58. The molecule has 2 fully saturated rings. The van der Waals surface area contributed by atoms with Crippen LogP contribution in [0.25, 0.3) is 11.4 Å². The minimum atomic E-state index is -3.25. The predicted molar refractivity (Wildman–Crippen MR) is 147 cm³/mol. The summed E-state index contributed by atoms with van der Waals surface area (Å²) in [5.74, 6) is 1.22. The number of nitrogens with zero attached hydrogens (tertiary/aromatic N) is 4. The average Bonchev–Trinajstić information content (AvgIpc) is 3.65. The van der Waals surface area contributed by atoms with Crippen molar-refractivity contribution in [1.29, 1.82) is 0 Å². The number of nitrogens with one attached hydrogen (secondary N) is 2. The number of aryl methyl sites for hydroxylation is 2. The molecule has 5 rings (SSSR count). The number of urea groups is 1. The van der Waals surface area contributed by atoms with Crippen LogP contribution in [0, 0.1) is 13.8 Å². The molecule has 2 amide bonds. The van der Waals surface area contributed by atoms with E-state index in [1.807, 2.05) is 32.0 Å². The minimum absolute atomic E-state index is 0.114. The van der Waals surface area contributed by atoms with Crippen LogP contribution in [-0.4, -0.2) is 62.9 Å². The number of carbonyl (C=O) groups is 1. The number of aromatic nitrogens is 3. The van der Waals surface area contributed by atoms with E-state index in [1.165, 1.54) is 11.3 Å². The summed E-state index contributed by atoms with van der Waals surface area (Å²) in [7, 11) is -1.69. The highest BCUT2D eigenvalue weighted by Crippen LogP contribution is 2.75. The summed E-state index contributed by atoms with van der Waals surface area (Å²) < 4.78 is 28.2. The lowest BCUT2D eigenvalue weighted by atomic mass is 10.1. The van der Waals surface area contributed by atoms with Gasteiger partial charge in [0, 0.05) is 35.8 Å². The van der Waals surface area contributed by atoms with Crippen molar-refractivity contribution in [3.05, 3.63) is 46.6 Å². The van der Waals surface area contributed by atoms with E-state index in [1.54, 1.807) is 19.2 Å². The van der Waals surface area contributed by atoms with Gasteiger partial charge in [-0.05, 0) is 57.9 Å². The third-order valence-electron chi connectivity index (χ3n) is 6.97. The van der Waals surface area contributed by atoms with Crippen molar-refractivity contribution in [2.24, 2.45) is 0 Å². The maximum Gasteiger partial charge on any atom is 0.318 e. The van der Waals surface area contributed by atoms with E-state index in [2.05, 4.69) is 27.4 Å². The Morgan fingerprint density at radius 1 is 1.19 bits per heavy atom. The molecule has 37 heavy (non-hydrogen) atoms. The Bertz CT molecular complexity index is 1290. The van der Waals surface area contributed by atoms with Crippen LogP contribution >= 0.6 is 21.9 Å². The summed E-state index contributed by atoms with van der Waals surface area (Å²) in [5.41, 5.74) is 2.83. The Morgan fingerprint density at radius 2 is 1.92 bits per heavy atom. The van der Waals surface area contributed by atoms with Crippen molar-refractivity contribution in [3.63, 3.8) is 0 Å². The molecule has 1 aliphatic heterocycles. The molecule has 198 valence electrons. The van der Waals surface area contributed by atoms with Gasteiger partial charge in [-0.2, -0.15) is 0 Å². The Hall–Kier alpha value is -2.77. The van der Waals surface area contributed by atoms with Gasteiger partial charge in [-0.1, -0.05) is 0 Å². The number of anilines is 2. The first kappa shape index (κ1) is 25.9. The van der Waals surface area contributed by atoms with E-state index in [4.69, 9.17) is 14.7 Å². The zero-order valence-electron chi connectivity index (χ0n) is 21.3. The molecule has 0 radical (unpaired) electrons. The number of morpholine rings is 1. The first-order chi connectivity index (χ1) is 17.6. The van der Waals surface area contributed by atoms with Gasteiger partial charge in [-0.25, -0.2) is 19.7 Å². The molecule has 0 spiro atoms. The molecule has 3 heterocycles. The van der Waals surface area contributed by atoms with Crippen LogP contribution in [0.5, 0.6) is 0 Å². The molecule has 2 aliphatic rings. The molecule has 1 saturated heterocycles. The van der Waals surface area contributed by atoms with Gasteiger partial charge < -0.3 is 20.3 Å². The van der Waals surface area contributed by atoms with Gasteiger partial charge in [0.15, 0.2) is 5.82 Å². The van der Waals surface area contributed by atoms with Crippen LogP contribution in [0.15, 0.2) is 34.7 Å². The highest BCUT2D eigenvalue weighted by Gasteiger charge is 2.59. The molecule has 0 unspecified atom stereocenters. The Labute approximate surface area is 221 Å². The summed E-state index contributed by atoms with van der Waals surface area (Å²) in [6.07, 6.45) is 1.22. The summed E-state index contributed by atoms with van der Waals surface area (Å²) >= 11 is 1.34. The number of ether oxygens (including phenoxy) is 1. The molecule has 3 aromatic rings. The summed E-state index contributed by atoms with van der Waals surface area (Å²) in [4.78, 5) is 29.1. The highest BCUT2D eigenvalue weighted by molar-refractivity contribution is 8.26. The Morgan fingerprint density at radius 3 is 2.51 bits per heavy atom. The van der Waals surface area contributed by atoms with E-state index in [0.29, 0.717) is 54.1 Å². The Kier molecular flexibility index (Phi) is 6.88. The van der Waals surface area contributed by atoms with Crippen molar-refractivity contribution < 1.29 is 18.6 Å². The monoisotopic (exact) mass is 544 g/mol. The fraction of sp³-hybridized carbons (Fsp3) is 0.440. The van der Waals surface area contributed by atoms with E-state index in [0.717, 1.165) is 22.0 Å².